The second-order valence-corrected chi connectivity index (χ2v) is 3.99. The van der Waals surface area contributed by atoms with Crippen LogP contribution in [0.5, 0.6) is 0 Å². The van der Waals surface area contributed by atoms with E-state index in [9.17, 15) is 0 Å². The lowest BCUT2D eigenvalue weighted by atomic mass is 10.1. The highest BCUT2D eigenvalue weighted by molar-refractivity contribution is 4.91. The van der Waals surface area contributed by atoms with Crippen LogP contribution in [0.4, 0.5) is 0 Å². The van der Waals surface area contributed by atoms with Crippen molar-refractivity contribution < 1.29 is 4.52 Å². The number of rotatable bonds is 5. The number of aromatic nitrogens is 2. The highest BCUT2D eigenvalue weighted by Crippen LogP contribution is 2.11. The minimum absolute atomic E-state index is 0.135. The zero-order chi connectivity index (χ0) is 10.6. The van der Waals surface area contributed by atoms with Gasteiger partial charge in [0.05, 0.1) is 6.04 Å². The van der Waals surface area contributed by atoms with E-state index in [-0.39, 0.29) is 6.04 Å². The van der Waals surface area contributed by atoms with Gasteiger partial charge >= 0.3 is 0 Å². The van der Waals surface area contributed by atoms with Crippen LogP contribution in [-0.4, -0.2) is 17.2 Å². The fraction of sp³-hybridized carbons (Fsp3) is 0.800. The largest absolute Gasteiger partial charge is 0.338 e. The summed E-state index contributed by atoms with van der Waals surface area (Å²) < 4.78 is 5.13. The first-order valence-electron chi connectivity index (χ1n) is 5.13. The Morgan fingerprint density at radius 1 is 1.36 bits per heavy atom. The molecule has 0 fully saturated rings. The highest BCUT2D eigenvalue weighted by atomic mass is 16.5. The average molecular weight is 197 g/mol. The third kappa shape index (κ3) is 3.10. The van der Waals surface area contributed by atoms with Gasteiger partial charge in [0.15, 0.2) is 5.82 Å². The average Bonchev–Trinajstić information content (AvgIpc) is 2.62. The van der Waals surface area contributed by atoms with Gasteiger partial charge in [-0.05, 0) is 26.3 Å². The number of nitrogens with zero attached hydrogens (tertiary/aromatic N) is 2. The SMILES string of the molecule is CNC(C)c1nc(CCC(C)C)no1. The van der Waals surface area contributed by atoms with Crippen molar-refractivity contribution in [3.63, 3.8) is 0 Å². The van der Waals surface area contributed by atoms with Gasteiger partial charge in [-0.15, -0.1) is 0 Å². The molecule has 4 nitrogen and oxygen atoms in total. The molecule has 0 amide bonds. The Morgan fingerprint density at radius 2 is 2.07 bits per heavy atom. The summed E-state index contributed by atoms with van der Waals surface area (Å²) in [7, 11) is 1.88. The molecular formula is C10H19N3O. The number of aryl methyl sites for hydroxylation is 1. The van der Waals surface area contributed by atoms with E-state index in [1.807, 2.05) is 14.0 Å². The van der Waals surface area contributed by atoms with Crippen molar-refractivity contribution in [2.45, 2.75) is 39.7 Å². The highest BCUT2D eigenvalue weighted by Gasteiger charge is 2.11. The van der Waals surface area contributed by atoms with E-state index >= 15 is 0 Å². The monoisotopic (exact) mass is 197 g/mol. The Labute approximate surface area is 85.1 Å². The van der Waals surface area contributed by atoms with Crippen LogP contribution >= 0.6 is 0 Å². The maximum absolute atomic E-state index is 5.13. The lowest BCUT2D eigenvalue weighted by Crippen LogP contribution is -2.12. The number of nitrogens with one attached hydrogen (secondary N) is 1. The van der Waals surface area contributed by atoms with Gasteiger partial charge in [-0.1, -0.05) is 19.0 Å². The standard InChI is InChI=1S/C10H19N3O/c1-7(2)5-6-9-12-10(14-13-9)8(3)11-4/h7-8,11H,5-6H2,1-4H3. The van der Waals surface area contributed by atoms with Crippen molar-refractivity contribution in [3.8, 4) is 0 Å². The molecule has 1 atom stereocenters. The second-order valence-electron chi connectivity index (χ2n) is 3.99. The van der Waals surface area contributed by atoms with Crippen LogP contribution < -0.4 is 5.32 Å². The van der Waals surface area contributed by atoms with Gasteiger partial charge in [0, 0.05) is 6.42 Å². The smallest absolute Gasteiger partial charge is 0.243 e. The lowest BCUT2D eigenvalue weighted by Gasteiger charge is -2.01. The van der Waals surface area contributed by atoms with E-state index in [0.717, 1.165) is 18.7 Å². The Bertz CT molecular complexity index is 270. The molecular weight excluding hydrogens is 178 g/mol. The van der Waals surface area contributed by atoms with Crippen molar-refractivity contribution in [3.05, 3.63) is 11.7 Å². The first-order valence-corrected chi connectivity index (χ1v) is 5.13. The summed E-state index contributed by atoms with van der Waals surface area (Å²) in [5, 5.41) is 6.99. The molecule has 1 N–H and O–H groups in total. The van der Waals surface area contributed by atoms with Gasteiger partial charge in [-0.3, -0.25) is 0 Å². The summed E-state index contributed by atoms with van der Waals surface area (Å²) in [5.41, 5.74) is 0. The molecule has 1 unspecified atom stereocenters. The molecule has 0 saturated carbocycles. The third-order valence-electron chi connectivity index (χ3n) is 2.23. The Kier molecular flexibility index (Phi) is 4.07. The summed E-state index contributed by atoms with van der Waals surface area (Å²) in [5.74, 6) is 2.17. The van der Waals surface area contributed by atoms with Crippen molar-refractivity contribution in [1.29, 1.82) is 0 Å². The molecule has 0 saturated heterocycles. The fourth-order valence-electron chi connectivity index (χ4n) is 1.09. The maximum atomic E-state index is 5.13. The molecule has 14 heavy (non-hydrogen) atoms. The molecule has 0 aliphatic carbocycles. The maximum Gasteiger partial charge on any atom is 0.243 e. The van der Waals surface area contributed by atoms with E-state index in [4.69, 9.17) is 4.52 Å². The molecule has 4 heteroatoms. The second kappa shape index (κ2) is 5.10. The van der Waals surface area contributed by atoms with Crippen molar-refractivity contribution in [1.82, 2.24) is 15.5 Å². The Morgan fingerprint density at radius 3 is 2.64 bits per heavy atom. The molecule has 0 bridgehead atoms. The zero-order valence-electron chi connectivity index (χ0n) is 9.37. The van der Waals surface area contributed by atoms with Crippen LogP contribution in [0.2, 0.25) is 0 Å². The van der Waals surface area contributed by atoms with Crippen LogP contribution in [-0.2, 0) is 6.42 Å². The molecule has 80 valence electrons. The summed E-state index contributed by atoms with van der Waals surface area (Å²) >= 11 is 0. The van der Waals surface area contributed by atoms with E-state index < -0.39 is 0 Å². The third-order valence-corrected chi connectivity index (χ3v) is 2.23. The Balaban J connectivity index is 2.50. The number of hydrogen-bond acceptors (Lipinski definition) is 4. The van der Waals surface area contributed by atoms with Gasteiger partial charge < -0.3 is 9.84 Å². The van der Waals surface area contributed by atoms with Crippen molar-refractivity contribution >= 4 is 0 Å². The molecule has 0 aliphatic heterocycles. The van der Waals surface area contributed by atoms with Gasteiger partial charge in [-0.2, -0.15) is 4.98 Å². The fourth-order valence-corrected chi connectivity index (χ4v) is 1.09. The first kappa shape index (κ1) is 11.2. The topological polar surface area (TPSA) is 51.0 Å². The van der Waals surface area contributed by atoms with Gasteiger partial charge in [-0.25, -0.2) is 0 Å². The molecule has 0 radical (unpaired) electrons. The minimum Gasteiger partial charge on any atom is -0.338 e. The van der Waals surface area contributed by atoms with Crippen LogP contribution in [0, 0.1) is 5.92 Å². The van der Waals surface area contributed by atoms with Gasteiger partial charge in [0.25, 0.3) is 0 Å². The van der Waals surface area contributed by atoms with Crippen LogP contribution in [0.15, 0.2) is 4.52 Å². The van der Waals surface area contributed by atoms with Crippen molar-refractivity contribution in [2.24, 2.45) is 5.92 Å². The van der Waals surface area contributed by atoms with Gasteiger partial charge in [0.1, 0.15) is 0 Å². The summed E-state index contributed by atoms with van der Waals surface area (Å²) in [6.07, 6.45) is 2.00. The molecule has 0 spiro atoms. The van der Waals surface area contributed by atoms with E-state index in [1.54, 1.807) is 0 Å². The molecule has 1 aromatic heterocycles. The summed E-state index contributed by atoms with van der Waals surface area (Å²) in [4.78, 5) is 4.31. The van der Waals surface area contributed by atoms with Crippen LogP contribution in [0.25, 0.3) is 0 Å². The molecule has 0 aliphatic rings. The molecule has 1 heterocycles. The zero-order valence-corrected chi connectivity index (χ0v) is 9.37. The summed E-state index contributed by atoms with van der Waals surface area (Å²) in [6, 6.07) is 0.135. The minimum atomic E-state index is 0.135. The van der Waals surface area contributed by atoms with E-state index in [0.29, 0.717) is 11.8 Å². The quantitative estimate of drug-likeness (QED) is 0.783. The normalized spacial score (nSPS) is 13.5. The van der Waals surface area contributed by atoms with Gasteiger partial charge in [0.2, 0.25) is 5.89 Å². The Hall–Kier alpha value is -0.900. The first-order chi connectivity index (χ1) is 6.63. The molecule has 1 rings (SSSR count). The summed E-state index contributed by atoms with van der Waals surface area (Å²) in [6.45, 7) is 6.38. The van der Waals surface area contributed by atoms with Crippen LogP contribution in [0.1, 0.15) is 44.9 Å². The molecule has 1 aromatic rings. The predicted octanol–water partition coefficient (Wildman–Crippen LogP) is 1.94. The van der Waals surface area contributed by atoms with E-state index in [1.165, 1.54) is 0 Å². The lowest BCUT2D eigenvalue weighted by molar-refractivity contribution is 0.342. The van der Waals surface area contributed by atoms with E-state index in [2.05, 4.69) is 29.3 Å². The molecule has 0 aromatic carbocycles. The number of hydrogen-bond donors (Lipinski definition) is 1. The predicted molar refractivity (Wildman–Crippen MR) is 54.9 cm³/mol. The van der Waals surface area contributed by atoms with Crippen LogP contribution in [0.3, 0.4) is 0 Å². The van der Waals surface area contributed by atoms with Crippen molar-refractivity contribution in [2.75, 3.05) is 7.05 Å².